The first-order valence-corrected chi connectivity index (χ1v) is 6.54. The highest BCUT2D eigenvalue weighted by Gasteiger charge is 2.34. The van der Waals surface area contributed by atoms with E-state index in [1.165, 1.54) is 18.2 Å². The van der Waals surface area contributed by atoms with Gasteiger partial charge in [-0.05, 0) is 25.5 Å². The lowest BCUT2D eigenvalue weighted by Gasteiger charge is -2.12. The van der Waals surface area contributed by atoms with Crippen molar-refractivity contribution in [2.24, 2.45) is 0 Å². The van der Waals surface area contributed by atoms with Crippen molar-refractivity contribution in [3.05, 3.63) is 70.3 Å². The summed E-state index contributed by atoms with van der Waals surface area (Å²) in [7, 11) is 0. The number of halogens is 3. The monoisotopic (exact) mass is 292 g/mol. The summed E-state index contributed by atoms with van der Waals surface area (Å²) < 4.78 is 38.8. The predicted molar refractivity (Wildman–Crippen MR) is 75.4 cm³/mol. The summed E-state index contributed by atoms with van der Waals surface area (Å²) >= 11 is 0. The molecule has 0 fully saturated rings. The van der Waals surface area contributed by atoms with Crippen LogP contribution in [0, 0.1) is 13.8 Å². The van der Waals surface area contributed by atoms with Crippen LogP contribution in [-0.2, 0) is 12.6 Å². The summed E-state index contributed by atoms with van der Waals surface area (Å²) in [6.07, 6.45) is -4.55. The second kappa shape index (κ2) is 5.72. The summed E-state index contributed by atoms with van der Waals surface area (Å²) in [5, 5.41) is 0. The molecule has 0 aromatic heterocycles. The van der Waals surface area contributed by atoms with Gasteiger partial charge in [-0.1, -0.05) is 47.5 Å². The van der Waals surface area contributed by atoms with Crippen molar-refractivity contribution in [2.45, 2.75) is 26.4 Å². The molecule has 0 saturated carbocycles. The maximum Gasteiger partial charge on any atom is 0.417 e. The van der Waals surface area contributed by atoms with E-state index in [0.29, 0.717) is 0 Å². The van der Waals surface area contributed by atoms with E-state index in [4.69, 9.17) is 0 Å². The highest BCUT2D eigenvalue weighted by molar-refractivity contribution is 5.99. The van der Waals surface area contributed by atoms with Gasteiger partial charge in [-0.15, -0.1) is 0 Å². The van der Waals surface area contributed by atoms with Gasteiger partial charge < -0.3 is 0 Å². The molecular weight excluding hydrogens is 277 g/mol. The van der Waals surface area contributed by atoms with Gasteiger partial charge in [-0.25, -0.2) is 0 Å². The van der Waals surface area contributed by atoms with E-state index < -0.39 is 17.5 Å². The molecule has 0 unspecified atom stereocenters. The second-order valence-electron chi connectivity index (χ2n) is 5.14. The summed E-state index contributed by atoms with van der Waals surface area (Å²) in [5.74, 6) is -0.520. The van der Waals surface area contributed by atoms with Crippen molar-refractivity contribution in [3.63, 3.8) is 0 Å². The number of hydrogen-bond acceptors (Lipinski definition) is 1. The average Bonchev–Trinajstić information content (AvgIpc) is 2.36. The molecule has 0 atom stereocenters. The van der Waals surface area contributed by atoms with Gasteiger partial charge >= 0.3 is 6.18 Å². The van der Waals surface area contributed by atoms with Crippen molar-refractivity contribution in [1.82, 2.24) is 0 Å². The van der Waals surface area contributed by atoms with Crippen LogP contribution in [0.2, 0.25) is 0 Å². The minimum atomic E-state index is -4.52. The molecule has 2 aromatic carbocycles. The first kappa shape index (κ1) is 15.3. The molecule has 1 nitrogen and oxygen atoms in total. The molecule has 2 aromatic rings. The minimum absolute atomic E-state index is 0.0321. The Hall–Kier alpha value is -2.10. The molecule has 0 saturated heterocycles. The minimum Gasteiger partial charge on any atom is -0.294 e. The Morgan fingerprint density at radius 2 is 1.57 bits per heavy atom. The summed E-state index contributed by atoms with van der Waals surface area (Å²) in [4.78, 5) is 12.2. The number of benzene rings is 2. The van der Waals surface area contributed by atoms with Crippen LogP contribution in [0.3, 0.4) is 0 Å². The van der Waals surface area contributed by atoms with Crippen LogP contribution in [0.1, 0.15) is 32.6 Å². The zero-order valence-corrected chi connectivity index (χ0v) is 11.8. The Morgan fingerprint density at radius 3 is 2.14 bits per heavy atom. The Kier molecular flexibility index (Phi) is 4.16. The molecule has 0 aliphatic carbocycles. The lowest BCUT2D eigenvalue weighted by Crippen LogP contribution is -2.14. The molecule has 21 heavy (non-hydrogen) atoms. The van der Waals surface area contributed by atoms with Gasteiger partial charge in [0.15, 0.2) is 5.78 Å². The van der Waals surface area contributed by atoms with Crippen molar-refractivity contribution >= 4 is 5.78 Å². The Bertz CT molecular complexity index is 652. The van der Waals surface area contributed by atoms with Gasteiger partial charge in [-0.3, -0.25) is 4.79 Å². The standard InChI is InChI=1S/C17H15F3O/c1-11-7-12(2)9-13(8-11)10-16(21)14-5-3-4-6-15(14)17(18,19)20/h3-9H,10H2,1-2H3. The number of aryl methyl sites for hydroxylation is 2. The SMILES string of the molecule is Cc1cc(C)cc(CC(=O)c2ccccc2C(F)(F)F)c1. The molecule has 0 aliphatic rings. The van der Waals surface area contributed by atoms with E-state index in [-0.39, 0.29) is 12.0 Å². The number of hydrogen-bond donors (Lipinski definition) is 0. The lowest BCUT2D eigenvalue weighted by molar-refractivity contribution is -0.137. The molecular formula is C17H15F3O. The Labute approximate surface area is 121 Å². The Morgan fingerprint density at radius 1 is 1.00 bits per heavy atom. The van der Waals surface area contributed by atoms with Crippen LogP contribution in [-0.4, -0.2) is 5.78 Å². The van der Waals surface area contributed by atoms with Crippen LogP contribution in [0.25, 0.3) is 0 Å². The van der Waals surface area contributed by atoms with Crippen LogP contribution >= 0.6 is 0 Å². The molecule has 0 aliphatic heterocycles. The normalized spacial score (nSPS) is 11.5. The van der Waals surface area contributed by atoms with Gasteiger partial charge in [0, 0.05) is 12.0 Å². The number of carbonyl (C=O) groups is 1. The largest absolute Gasteiger partial charge is 0.417 e. The Balaban J connectivity index is 2.33. The predicted octanol–water partition coefficient (Wildman–Crippen LogP) is 4.75. The second-order valence-corrected chi connectivity index (χ2v) is 5.14. The fourth-order valence-electron chi connectivity index (χ4n) is 2.43. The van der Waals surface area contributed by atoms with E-state index >= 15 is 0 Å². The van der Waals surface area contributed by atoms with Crippen molar-refractivity contribution in [3.8, 4) is 0 Å². The van der Waals surface area contributed by atoms with Crippen LogP contribution in [0.15, 0.2) is 42.5 Å². The van der Waals surface area contributed by atoms with Crippen LogP contribution in [0.4, 0.5) is 13.2 Å². The molecule has 0 N–H and O–H groups in total. The number of Topliss-reactive ketones (excluding diaryl/α,β-unsaturated/α-hetero) is 1. The van der Waals surface area contributed by atoms with E-state index in [0.717, 1.165) is 22.8 Å². The average molecular weight is 292 g/mol. The van der Waals surface area contributed by atoms with Crippen LogP contribution in [0.5, 0.6) is 0 Å². The van der Waals surface area contributed by atoms with Crippen LogP contribution < -0.4 is 0 Å². The summed E-state index contributed by atoms with van der Waals surface area (Å²) in [5.41, 5.74) is 1.56. The first-order chi connectivity index (χ1) is 9.77. The third kappa shape index (κ3) is 3.72. The maximum atomic E-state index is 12.9. The number of carbonyl (C=O) groups excluding carboxylic acids is 1. The molecule has 2 rings (SSSR count). The highest BCUT2D eigenvalue weighted by atomic mass is 19.4. The molecule has 0 amide bonds. The van der Waals surface area contributed by atoms with E-state index in [1.54, 1.807) is 0 Å². The molecule has 0 radical (unpaired) electrons. The maximum absolute atomic E-state index is 12.9. The van der Waals surface area contributed by atoms with E-state index in [1.807, 2.05) is 32.0 Å². The molecule has 0 bridgehead atoms. The zero-order chi connectivity index (χ0) is 15.6. The third-order valence-corrected chi connectivity index (χ3v) is 3.18. The summed E-state index contributed by atoms with van der Waals surface area (Å²) in [6, 6.07) is 10.5. The quantitative estimate of drug-likeness (QED) is 0.746. The van der Waals surface area contributed by atoms with Crippen molar-refractivity contribution < 1.29 is 18.0 Å². The molecule has 4 heteroatoms. The fourth-order valence-corrected chi connectivity index (χ4v) is 2.43. The first-order valence-electron chi connectivity index (χ1n) is 6.54. The van der Waals surface area contributed by atoms with Crippen molar-refractivity contribution in [2.75, 3.05) is 0 Å². The molecule has 0 heterocycles. The number of ketones is 1. The van der Waals surface area contributed by atoms with E-state index in [9.17, 15) is 18.0 Å². The zero-order valence-electron chi connectivity index (χ0n) is 11.8. The van der Waals surface area contributed by atoms with Gasteiger partial charge in [0.25, 0.3) is 0 Å². The molecule has 0 spiro atoms. The van der Waals surface area contributed by atoms with Gasteiger partial charge in [0.05, 0.1) is 5.56 Å². The highest BCUT2D eigenvalue weighted by Crippen LogP contribution is 2.32. The van der Waals surface area contributed by atoms with Crippen molar-refractivity contribution in [1.29, 1.82) is 0 Å². The third-order valence-electron chi connectivity index (χ3n) is 3.18. The number of rotatable bonds is 3. The lowest BCUT2D eigenvalue weighted by atomic mass is 9.96. The smallest absolute Gasteiger partial charge is 0.294 e. The van der Waals surface area contributed by atoms with Gasteiger partial charge in [0.1, 0.15) is 0 Å². The number of alkyl halides is 3. The summed E-state index contributed by atoms with van der Waals surface area (Å²) in [6.45, 7) is 3.79. The van der Waals surface area contributed by atoms with Gasteiger partial charge in [0.2, 0.25) is 0 Å². The fraction of sp³-hybridized carbons (Fsp3) is 0.235. The van der Waals surface area contributed by atoms with Gasteiger partial charge in [-0.2, -0.15) is 13.2 Å². The van der Waals surface area contributed by atoms with E-state index in [2.05, 4.69) is 0 Å². The topological polar surface area (TPSA) is 17.1 Å². The molecule has 110 valence electrons.